The van der Waals surface area contributed by atoms with Gasteiger partial charge in [0.2, 0.25) is 5.91 Å². The van der Waals surface area contributed by atoms with Gasteiger partial charge in [0.25, 0.3) is 0 Å². The van der Waals surface area contributed by atoms with Crippen LogP contribution in [0.5, 0.6) is 0 Å². The summed E-state index contributed by atoms with van der Waals surface area (Å²) in [7, 11) is -3.52. The summed E-state index contributed by atoms with van der Waals surface area (Å²) < 4.78 is 30.6. The van der Waals surface area contributed by atoms with E-state index in [0.29, 0.717) is 12.3 Å². The highest BCUT2D eigenvalue weighted by Gasteiger charge is 2.32. The number of halogens is 1. The molecule has 1 aromatic rings. The summed E-state index contributed by atoms with van der Waals surface area (Å²) in [6, 6.07) is 7.03. The van der Waals surface area contributed by atoms with Crippen molar-refractivity contribution in [3.63, 3.8) is 0 Å². The predicted molar refractivity (Wildman–Crippen MR) is 85.0 cm³/mol. The molecule has 0 aromatic heterocycles. The molecule has 1 amide bonds. The molecule has 116 valence electrons. The number of hydrogen-bond acceptors (Lipinski definition) is 4. The van der Waals surface area contributed by atoms with Crippen LogP contribution in [0, 0.1) is 0 Å². The summed E-state index contributed by atoms with van der Waals surface area (Å²) in [5, 5.41) is 1.53. The molecule has 1 N–H and O–H groups in total. The van der Waals surface area contributed by atoms with Gasteiger partial charge in [-0.05, 0) is 38.0 Å². The van der Waals surface area contributed by atoms with Gasteiger partial charge >= 0.3 is 0 Å². The lowest BCUT2D eigenvalue weighted by molar-refractivity contribution is -0.115. The lowest BCUT2D eigenvalue weighted by atomic mass is 10.3. The molecule has 0 bridgehead atoms. The van der Waals surface area contributed by atoms with Crippen molar-refractivity contribution in [2.24, 2.45) is 0 Å². The second-order valence-electron chi connectivity index (χ2n) is 5.11. The number of ether oxygens (including phenoxy) is 1. The Labute approximate surface area is 133 Å². The fourth-order valence-corrected chi connectivity index (χ4v) is 4.01. The highest BCUT2D eigenvalue weighted by atomic mass is 79.9. The van der Waals surface area contributed by atoms with Crippen LogP contribution in [0.3, 0.4) is 0 Å². The molecule has 1 aliphatic rings. The van der Waals surface area contributed by atoms with Crippen LogP contribution in [0.2, 0.25) is 0 Å². The molecular weight excluding hydrogens is 358 g/mol. The summed E-state index contributed by atoms with van der Waals surface area (Å²) in [5.41, 5.74) is 0.563. The number of sulfone groups is 1. The Morgan fingerprint density at radius 2 is 2.29 bits per heavy atom. The number of nitrogens with one attached hydrogen (secondary N) is 1. The average Bonchev–Trinajstić information content (AvgIpc) is 2.89. The molecule has 1 saturated heterocycles. The minimum Gasteiger partial charge on any atom is -0.377 e. The smallest absolute Gasteiger partial charge is 0.242 e. The Morgan fingerprint density at radius 3 is 2.90 bits per heavy atom. The number of carbonyl (C=O) groups is 1. The minimum atomic E-state index is -3.52. The first-order valence-electron chi connectivity index (χ1n) is 6.78. The Kier molecular flexibility index (Phi) is 5.40. The Hall–Kier alpha value is -0.920. The zero-order valence-electron chi connectivity index (χ0n) is 11.7. The van der Waals surface area contributed by atoms with Crippen LogP contribution in [0.4, 0.5) is 5.69 Å². The van der Waals surface area contributed by atoms with E-state index in [2.05, 4.69) is 21.2 Å². The molecule has 0 aliphatic carbocycles. The highest BCUT2D eigenvalue weighted by molar-refractivity contribution is 9.10. The number of benzene rings is 1. The first-order chi connectivity index (χ1) is 9.88. The van der Waals surface area contributed by atoms with E-state index in [4.69, 9.17) is 4.74 Å². The van der Waals surface area contributed by atoms with Gasteiger partial charge in [-0.1, -0.05) is 22.0 Å². The molecule has 21 heavy (non-hydrogen) atoms. The van der Waals surface area contributed by atoms with E-state index in [0.717, 1.165) is 17.3 Å². The monoisotopic (exact) mass is 375 g/mol. The second-order valence-corrected chi connectivity index (χ2v) is 8.39. The molecular formula is C14H18BrNO4S. The van der Waals surface area contributed by atoms with Crippen molar-refractivity contribution < 1.29 is 17.9 Å². The fourth-order valence-electron chi connectivity index (χ4n) is 2.15. The van der Waals surface area contributed by atoms with Crippen molar-refractivity contribution in [3.05, 3.63) is 28.7 Å². The lowest BCUT2D eigenvalue weighted by Crippen LogP contribution is -2.37. The molecule has 2 rings (SSSR count). The van der Waals surface area contributed by atoms with Crippen LogP contribution in [-0.2, 0) is 19.4 Å². The van der Waals surface area contributed by atoms with Gasteiger partial charge in [0.05, 0.1) is 11.9 Å². The molecule has 1 aliphatic heterocycles. The Bertz CT molecular complexity index is 611. The maximum Gasteiger partial charge on any atom is 0.242 e. The van der Waals surface area contributed by atoms with Gasteiger partial charge < -0.3 is 10.1 Å². The van der Waals surface area contributed by atoms with E-state index in [1.165, 1.54) is 6.92 Å². The third-order valence-corrected chi connectivity index (χ3v) is 6.06. The van der Waals surface area contributed by atoms with E-state index < -0.39 is 21.0 Å². The van der Waals surface area contributed by atoms with E-state index in [1.807, 2.05) is 6.07 Å². The molecule has 7 heteroatoms. The van der Waals surface area contributed by atoms with Gasteiger partial charge in [0.15, 0.2) is 9.84 Å². The summed E-state index contributed by atoms with van der Waals surface area (Å²) in [6.07, 6.45) is 1.33. The summed E-state index contributed by atoms with van der Waals surface area (Å²) in [4.78, 5) is 12.1. The number of hydrogen-bond donors (Lipinski definition) is 1. The largest absolute Gasteiger partial charge is 0.377 e. The van der Waals surface area contributed by atoms with Gasteiger partial charge in [-0.15, -0.1) is 0 Å². The first kappa shape index (κ1) is 16.5. The SMILES string of the molecule is C[C@H](C(=O)Nc1cccc(Br)c1)S(=O)(=O)C[C@H]1CCCO1. The topological polar surface area (TPSA) is 72.5 Å². The number of rotatable bonds is 5. The first-order valence-corrected chi connectivity index (χ1v) is 9.29. The number of amides is 1. The van der Waals surface area contributed by atoms with Gasteiger partial charge in [-0.3, -0.25) is 4.79 Å². The minimum absolute atomic E-state index is 0.0972. The molecule has 1 aromatic carbocycles. The quantitative estimate of drug-likeness (QED) is 0.857. The van der Waals surface area contributed by atoms with Crippen molar-refractivity contribution in [3.8, 4) is 0 Å². The molecule has 5 nitrogen and oxygen atoms in total. The van der Waals surface area contributed by atoms with Gasteiger partial charge in [-0.2, -0.15) is 0 Å². The zero-order chi connectivity index (χ0) is 15.5. The van der Waals surface area contributed by atoms with Crippen molar-refractivity contribution >= 4 is 37.4 Å². The zero-order valence-corrected chi connectivity index (χ0v) is 14.1. The fraction of sp³-hybridized carbons (Fsp3) is 0.500. The van der Waals surface area contributed by atoms with Crippen LogP contribution in [0.1, 0.15) is 19.8 Å². The Balaban J connectivity index is 2.00. The van der Waals surface area contributed by atoms with E-state index in [1.54, 1.807) is 18.2 Å². The van der Waals surface area contributed by atoms with Crippen LogP contribution in [-0.4, -0.2) is 38.0 Å². The van der Waals surface area contributed by atoms with Crippen molar-refractivity contribution in [2.75, 3.05) is 17.7 Å². The standard InChI is InChI=1S/C14H18BrNO4S/c1-10(21(18,19)9-13-6-3-7-20-13)14(17)16-12-5-2-4-11(15)8-12/h2,4-5,8,10,13H,3,6-7,9H2,1H3,(H,16,17)/t10-,13-/m1/s1. The number of carbonyl (C=O) groups excluding carboxylic acids is 1. The van der Waals surface area contributed by atoms with E-state index >= 15 is 0 Å². The summed E-state index contributed by atoms with van der Waals surface area (Å²) in [6.45, 7) is 2.01. The lowest BCUT2D eigenvalue weighted by Gasteiger charge is -2.16. The molecule has 2 atom stereocenters. The average molecular weight is 376 g/mol. The highest BCUT2D eigenvalue weighted by Crippen LogP contribution is 2.19. The molecule has 0 radical (unpaired) electrons. The molecule has 1 heterocycles. The van der Waals surface area contributed by atoms with Crippen LogP contribution < -0.4 is 5.32 Å². The molecule has 0 spiro atoms. The Morgan fingerprint density at radius 1 is 1.52 bits per heavy atom. The van der Waals surface area contributed by atoms with Gasteiger partial charge in [-0.25, -0.2) is 8.42 Å². The third kappa shape index (κ3) is 4.52. The summed E-state index contributed by atoms with van der Waals surface area (Å²) >= 11 is 3.30. The molecule has 1 fully saturated rings. The van der Waals surface area contributed by atoms with Crippen molar-refractivity contribution in [2.45, 2.75) is 31.1 Å². The normalized spacial score (nSPS) is 20.2. The van der Waals surface area contributed by atoms with E-state index in [-0.39, 0.29) is 11.9 Å². The number of anilines is 1. The molecule has 0 unspecified atom stereocenters. The van der Waals surface area contributed by atoms with E-state index in [9.17, 15) is 13.2 Å². The summed E-state index contributed by atoms with van der Waals surface area (Å²) in [5.74, 6) is -0.619. The molecule has 0 saturated carbocycles. The maximum atomic E-state index is 12.2. The van der Waals surface area contributed by atoms with Gasteiger partial charge in [0, 0.05) is 16.8 Å². The van der Waals surface area contributed by atoms with Crippen LogP contribution >= 0.6 is 15.9 Å². The second kappa shape index (κ2) is 6.89. The van der Waals surface area contributed by atoms with Crippen molar-refractivity contribution in [1.82, 2.24) is 0 Å². The third-order valence-electron chi connectivity index (χ3n) is 3.44. The predicted octanol–water partition coefficient (Wildman–Crippen LogP) is 2.37. The van der Waals surface area contributed by atoms with Crippen LogP contribution in [0.15, 0.2) is 28.7 Å². The van der Waals surface area contributed by atoms with Crippen LogP contribution in [0.25, 0.3) is 0 Å². The van der Waals surface area contributed by atoms with Gasteiger partial charge in [0.1, 0.15) is 5.25 Å². The maximum absolute atomic E-state index is 12.2. The van der Waals surface area contributed by atoms with Crippen molar-refractivity contribution in [1.29, 1.82) is 0 Å².